The third-order valence-corrected chi connectivity index (χ3v) is 14.6. The lowest BCUT2D eigenvalue weighted by Gasteiger charge is -2.28. The van der Waals surface area contributed by atoms with Gasteiger partial charge in [-0.3, -0.25) is 4.99 Å². The summed E-state index contributed by atoms with van der Waals surface area (Å²) in [6.07, 6.45) is 4.17. The first kappa shape index (κ1) is 39.5. The molecule has 0 unspecified atom stereocenters. The standard InChI is InChI=1S/C50H56N2P2/c1-35-23-36(2)28-45(27-35)53(46-29-37(3)24-38(4)30-46)21-19-51-49(43-15-11-9-12-16-43)50(44-17-13-10-14-18-44)52-20-22-54(47-31-39(5)25-40(6)32-47)48-33-41(7)26-42(8)34-48/h9-19,23-34,49-50,52H,20-22H2,1-8H3/t49-,50-/m0/s1. The largest absolute Gasteiger partial charge is 0.307 e. The molecule has 4 heteroatoms. The van der Waals surface area contributed by atoms with Crippen LogP contribution in [0.1, 0.15) is 67.7 Å². The summed E-state index contributed by atoms with van der Waals surface area (Å²) in [4.78, 5) is 5.55. The number of nitrogens with zero attached hydrogens (tertiary/aromatic N) is 1. The maximum absolute atomic E-state index is 5.55. The Hall–Kier alpha value is -4.19. The predicted octanol–water partition coefficient (Wildman–Crippen LogP) is 10.9. The van der Waals surface area contributed by atoms with Gasteiger partial charge in [-0.05, 0) is 110 Å². The van der Waals surface area contributed by atoms with E-state index in [4.69, 9.17) is 4.99 Å². The topological polar surface area (TPSA) is 24.4 Å². The van der Waals surface area contributed by atoms with Crippen LogP contribution in [0.2, 0.25) is 0 Å². The van der Waals surface area contributed by atoms with Gasteiger partial charge in [-0.25, -0.2) is 0 Å². The molecule has 0 bridgehead atoms. The molecule has 6 aromatic rings. The van der Waals surface area contributed by atoms with Gasteiger partial charge in [0, 0.05) is 18.9 Å². The van der Waals surface area contributed by atoms with E-state index in [1.807, 2.05) is 0 Å². The minimum atomic E-state index is -0.638. The fourth-order valence-corrected chi connectivity index (χ4v) is 12.9. The predicted molar refractivity (Wildman–Crippen MR) is 241 cm³/mol. The van der Waals surface area contributed by atoms with Gasteiger partial charge in [0.15, 0.2) is 0 Å². The summed E-state index contributed by atoms with van der Waals surface area (Å²) in [5, 5.41) is 9.84. The van der Waals surface area contributed by atoms with Gasteiger partial charge < -0.3 is 5.32 Å². The molecule has 0 amide bonds. The molecule has 0 aliphatic rings. The van der Waals surface area contributed by atoms with Gasteiger partial charge in [0.2, 0.25) is 0 Å². The summed E-state index contributed by atoms with van der Waals surface area (Å²) < 4.78 is 0. The van der Waals surface area contributed by atoms with Crippen molar-refractivity contribution < 1.29 is 0 Å². The minimum absolute atomic E-state index is 0.00819. The third-order valence-electron chi connectivity index (χ3n) is 9.92. The van der Waals surface area contributed by atoms with E-state index in [2.05, 4.69) is 200 Å². The molecule has 0 radical (unpaired) electrons. The van der Waals surface area contributed by atoms with Crippen LogP contribution in [0.3, 0.4) is 0 Å². The first-order chi connectivity index (χ1) is 26.0. The van der Waals surface area contributed by atoms with E-state index in [0.717, 1.165) is 18.9 Å². The number of nitrogens with one attached hydrogen (secondary N) is 1. The van der Waals surface area contributed by atoms with Crippen molar-refractivity contribution in [3.05, 3.63) is 189 Å². The highest BCUT2D eigenvalue weighted by Crippen LogP contribution is 2.38. The van der Waals surface area contributed by atoms with Crippen LogP contribution in [0.5, 0.6) is 0 Å². The van der Waals surface area contributed by atoms with Crippen LogP contribution >= 0.6 is 15.8 Å². The molecule has 6 rings (SSSR count). The molecule has 0 spiro atoms. The lowest BCUT2D eigenvalue weighted by Crippen LogP contribution is -2.30. The van der Waals surface area contributed by atoms with Crippen LogP contribution in [0.25, 0.3) is 0 Å². The van der Waals surface area contributed by atoms with E-state index in [0.29, 0.717) is 0 Å². The highest BCUT2D eigenvalue weighted by atomic mass is 31.1. The van der Waals surface area contributed by atoms with Crippen LogP contribution in [0, 0.1) is 55.4 Å². The number of hydrogen-bond donors (Lipinski definition) is 1. The Kier molecular flexibility index (Phi) is 13.5. The Morgan fingerprint density at radius 1 is 0.463 bits per heavy atom. The Morgan fingerprint density at radius 2 is 0.815 bits per heavy atom. The Balaban J connectivity index is 1.35. The molecule has 54 heavy (non-hydrogen) atoms. The first-order valence-electron chi connectivity index (χ1n) is 19.3. The molecule has 1 N–H and O–H groups in total. The Morgan fingerprint density at radius 3 is 1.20 bits per heavy atom. The summed E-state index contributed by atoms with van der Waals surface area (Å²) in [6, 6.07) is 50.1. The molecule has 0 saturated heterocycles. The number of hydrogen-bond acceptors (Lipinski definition) is 2. The second kappa shape index (κ2) is 18.4. The van der Waals surface area contributed by atoms with Gasteiger partial charge in [-0.1, -0.05) is 178 Å². The van der Waals surface area contributed by atoms with Crippen LogP contribution in [0.15, 0.2) is 138 Å². The van der Waals surface area contributed by atoms with E-state index >= 15 is 0 Å². The van der Waals surface area contributed by atoms with Gasteiger partial charge in [0.1, 0.15) is 0 Å². The second-order valence-corrected chi connectivity index (χ2v) is 19.8. The third kappa shape index (κ3) is 10.5. The van der Waals surface area contributed by atoms with Crippen molar-refractivity contribution in [2.45, 2.75) is 67.5 Å². The second-order valence-electron chi connectivity index (χ2n) is 15.2. The van der Waals surface area contributed by atoms with Crippen molar-refractivity contribution in [2.75, 3.05) is 18.9 Å². The van der Waals surface area contributed by atoms with Crippen LogP contribution in [-0.4, -0.2) is 25.1 Å². The fourth-order valence-electron chi connectivity index (χ4n) is 7.85. The molecule has 2 nitrogen and oxygen atoms in total. The highest BCUT2D eigenvalue weighted by Gasteiger charge is 2.25. The highest BCUT2D eigenvalue weighted by molar-refractivity contribution is 7.73. The maximum Gasteiger partial charge on any atom is 0.0939 e. The van der Waals surface area contributed by atoms with E-state index < -0.39 is 15.8 Å². The maximum atomic E-state index is 5.55. The zero-order valence-corrected chi connectivity index (χ0v) is 35.2. The molecule has 0 heterocycles. The SMILES string of the molecule is Cc1cc(C)cc(P(CC=N[C@@H](c2ccccc2)[C@@H](NCCP(c2cc(C)cc(C)c2)c2cc(C)cc(C)c2)c2ccccc2)c2cc(C)cc(C)c2)c1. The van der Waals surface area contributed by atoms with E-state index in [-0.39, 0.29) is 12.1 Å². The fraction of sp³-hybridized carbons (Fsp3) is 0.260. The van der Waals surface area contributed by atoms with Crippen molar-refractivity contribution in [2.24, 2.45) is 4.99 Å². The van der Waals surface area contributed by atoms with Gasteiger partial charge in [-0.15, -0.1) is 0 Å². The molecule has 0 saturated carbocycles. The molecule has 0 aromatic heterocycles. The quantitative estimate of drug-likeness (QED) is 0.0871. The van der Waals surface area contributed by atoms with Crippen molar-refractivity contribution >= 4 is 43.3 Å². The Labute approximate surface area is 327 Å². The average molecular weight is 747 g/mol. The lowest BCUT2D eigenvalue weighted by atomic mass is 9.93. The monoisotopic (exact) mass is 746 g/mol. The van der Waals surface area contributed by atoms with Gasteiger partial charge in [0.05, 0.1) is 12.1 Å². The smallest absolute Gasteiger partial charge is 0.0939 e. The summed E-state index contributed by atoms with van der Waals surface area (Å²) in [7, 11) is -1.21. The molecule has 0 aliphatic carbocycles. The van der Waals surface area contributed by atoms with Crippen LogP contribution in [-0.2, 0) is 0 Å². The van der Waals surface area contributed by atoms with E-state index in [1.54, 1.807) is 0 Å². The van der Waals surface area contributed by atoms with Crippen molar-refractivity contribution in [3.63, 3.8) is 0 Å². The van der Waals surface area contributed by atoms with Crippen molar-refractivity contribution in [3.8, 4) is 0 Å². The normalized spacial score (nSPS) is 12.9. The number of benzene rings is 6. The van der Waals surface area contributed by atoms with E-state index in [9.17, 15) is 0 Å². The average Bonchev–Trinajstić information content (AvgIpc) is 3.11. The molecule has 6 aromatic carbocycles. The first-order valence-corrected chi connectivity index (χ1v) is 22.3. The lowest BCUT2D eigenvalue weighted by molar-refractivity contribution is 0.469. The number of aryl methyl sites for hydroxylation is 8. The molecular weight excluding hydrogens is 691 g/mol. The number of rotatable bonds is 14. The molecule has 0 aliphatic heterocycles. The number of aliphatic imine (C=N–C) groups is 1. The van der Waals surface area contributed by atoms with Crippen molar-refractivity contribution in [1.29, 1.82) is 0 Å². The van der Waals surface area contributed by atoms with Crippen LogP contribution in [0.4, 0.5) is 0 Å². The van der Waals surface area contributed by atoms with Crippen LogP contribution < -0.4 is 26.5 Å². The van der Waals surface area contributed by atoms with E-state index in [1.165, 1.54) is 76.9 Å². The zero-order chi connectivity index (χ0) is 38.2. The Bertz CT molecular complexity index is 2010. The minimum Gasteiger partial charge on any atom is -0.307 e. The van der Waals surface area contributed by atoms with Gasteiger partial charge in [-0.2, -0.15) is 0 Å². The summed E-state index contributed by atoms with van der Waals surface area (Å²) in [5.41, 5.74) is 13.1. The molecule has 2 atom stereocenters. The van der Waals surface area contributed by atoms with Gasteiger partial charge in [0.25, 0.3) is 0 Å². The van der Waals surface area contributed by atoms with Gasteiger partial charge >= 0.3 is 0 Å². The zero-order valence-electron chi connectivity index (χ0n) is 33.4. The molecule has 0 fully saturated rings. The van der Waals surface area contributed by atoms with Crippen molar-refractivity contribution in [1.82, 2.24) is 5.32 Å². The summed E-state index contributed by atoms with van der Waals surface area (Å²) in [6.45, 7) is 18.6. The summed E-state index contributed by atoms with van der Waals surface area (Å²) >= 11 is 0. The molecule has 276 valence electrons. The molecular formula is C50H56N2P2. The summed E-state index contributed by atoms with van der Waals surface area (Å²) in [5.74, 6) is 0.